The number of fused-ring (bicyclic) bond motifs is 13. The van der Waals surface area contributed by atoms with Crippen LogP contribution in [0.2, 0.25) is 0 Å². The Bertz CT molecular complexity index is 4500. The number of hydrogen-bond donors (Lipinski definition) is 0. The van der Waals surface area contributed by atoms with Crippen LogP contribution < -0.4 is 9.80 Å². The van der Waals surface area contributed by atoms with Gasteiger partial charge in [-0.05, 0) is 141 Å². The largest absolute Gasteiger partial charge is 0.456 e. The Hall–Kier alpha value is -8.32. The molecule has 14 rings (SSSR count). The fraction of sp³-hybridized carbons (Fsp3) is 0.216. The fourth-order valence-electron chi connectivity index (χ4n) is 12.2. The summed E-state index contributed by atoms with van der Waals surface area (Å²) in [6.07, 6.45) is 0. The standard InChI is InChI=1S/C74H66N2O3S/c1-71(2,3)45-19-23-47(24-20-45)75(50-27-31-53-57-15-13-17-61(73(7,8)9)69(57)78-65(53)40-50)49-29-33-55-59-35-43-36-60-56-34-30-52(42-68(56)80-67(60)38-44(43)37-63(59)77-64(55)39-49)76(48-25-21-46(22-26-48)72(4,5)6)51-28-32-54-58-16-14-18-62(74(10,11)12)70(58)79-66(54)41-51/h13-42H,1-12H3. The third-order valence-electron chi connectivity index (χ3n) is 16.6. The van der Waals surface area contributed by atoms with Crippen molar-refractivity contribution in [1.82, 2.24) is 0 Å². The van der Waals surface area contributed by atoms with Crippen molar-refractivity contribution >= 4 is 142 Å². The van der Waals surface area contributed by atoms with Crippen LogP contribution in [0.25, 0.3) is 96.8 Å². The van der Waals surface area contributed by atoms with Crippen LogP contribution in [0.5, 0.6) is 0 Å². The number of anilines is 6. The third kappa shape index (κ3) is 8.24. The summed E-state index contributed by atoms with van der Waals surface area (Å²) in [5.41, 5.74) is 16.7. The van der Waals surface area contributed by atoms with Gasteiger partial charge < -0.3 is 23.1 Å². The second kappa shape index (κ2) is 17.6. The van der Waals surface area contributed by atoms with Gasteiger partial charge in [0.25, 0.3) is 0 Å². The SMILES string of the molecule is CC(C)(C)c1ccc(N(c2ccc3c(c2)oc2cc4cc5sc6cc(N(c7ccc(C(C)(C)C)cc7)c7ccc8c(c7)oc7c(C(C)(C)C)cccc78)ccc6c5cc4cc23)c2ccc3c(c2)oc2c(C(C)(C)C)cccc23)cc1. The van der Waals surface area contributed by atoms with Crippen LogP contribution in [0.4, 0.5) is 34.1 Å². The van der Waals surface area contributed by atoms with E-state index in [0.29, 0.717) is 0 Å². The van der Waals surface area contributed by atoms with E-state index in [1.807, 2.05) is 11.3 Å². The van der Waals surface area contributed by atoms with Crippen molar-refractivity contribution in [3.63, 3.8) is 0 Å². The first-order valence-corrected chi connectivity index (χ1v) is 28.9. The van der Waals surface area contributed by atoms with Crippen LogP contribution >= 0.6 is 11.3 Å². The van der Waals surface area contributed by atoms with E-state index in [0.717, 1.165) is 105 Å². The lowest BCUT2D eigenvalue weighted by atomic mass is 9.86. The van der Waals surface area contributed by atoms with E-state index in [9.17, 15) is 0 Å². The highest BCUT2D eigenvalue weighted by Crippen LogP contribution is 2.47. The van der Waals surface area contributed by atoms with Crippen molar-refractivity contribution in [3.8, 4) is 0 Å². The van der Waals surface area contributed by atoms with Crippen LogP contribution in [-0.4, -0.2) is 0 Å². The molecule has 0 unspecified atom stereocenters. The van der Waals surface area contributed by atoms with Crippen LogP contribution in [-0.2, 0) is 21.7 Å². The molecule has 5 nitrogen and oxygen atoms in total. The van der Waals surface area contributed by atoms with Crippen molar-refractivity contribution in [2.75, 3.05) is 9.80 Å². The molecule has 0 atom stereocenters. The molecule has 0 radical (unpaired) electrons. The van der Waals surface area contributed by atoms with Gasteiger partial charge in [-0.1, -0.05) is 150 Å². The molecule has 4 aromatic heterocycles. The predicted molar refractivity (Wildman–Crippen MR) is 343 cm³/mol. The van der Waals surface area contributed by atoms with Gasteiger partial charge in [0, 0.05) is 116 Å². The Labute approximate surface area is 471 Å². The van der Waals surface area contributed by atoms with Crippen LogP contribution in [0, 0.1) is 0 Å². The number of para-hydroxylation sites is 2. The molecule has 0 N–H and O–H groups in total. The van der Waals surface area contributed by atoms with Gasteiger partial charge in [-0.25, -0.2) is 0 Å². The highest BCUT2D eigenvalue weighted by atomic mass is 32.1. The van der Waals surface area contributed by atoms with Crippen molar-refractivity contribution in [1.29, 1.82) is 0 Å². The molecule has 80 heavy (non-hydrogen) atoms. The highest BCUT2D eigenvalue weighted by Gasteiger charge is 2.26. The number of nitrogens with zero attached hydrogens (tertiary/aromatic N) is 2. The first-order chi connectivity index (χ1) is 38.1. The summed E-state index contributed by atoms with van der Waals surface area (Å²) in [7, 11) is 0. The quantitative estimate of drug-likeness (QED) is 0.166. The Morgan fingerprint density at radius 3 is 1.12 bits per heavy atom. The topological polar surface area (TPSA) is 45.9 Å². The van der Waals surface area contributed by atoms with Crippen molar-refractivity contribution in [2.45, 2.75) is 105 Å². The maximum atomic E-state index is 6.88. The Balaban J connectivity index is 0.854. The molecular weight excluding hydrogens is 997 g/mol. The predicted octanol–water partition coefficient (Wildman–Crippen LogP) is 23.0. The zero-order valence-corrected chi connectivity index (χ0v) is 48.7. The number of rotatable bonds is 6. The van der Waals surface area contributed by atoms with Gasteiger partial charge in [0.1, 0.15) is 33.5 Å². The number of benzene rings is 10. The average Bonchev–Trinajstić information content (AvgIpc) is 4.23. The molecule has 10 aromatic carbocycles. The van der Waals surface area contributed by atoms with E-state index < -0.39 is 0 Å². The molecule has 0 spiro atoms. The molecule has 0 fully saturated rings. The molecule has 0 saturated carbocycles. The molecule has 6 heteroatoms. The molecule has 0 aliphatic carbocycles. The van der Waals surface area contributed by atoms with E-state index in [2.05, 4.69) is 275 Å². The molecule has 396 valence electrons. The molecular formula is C74H66N2O3S. The monoisotopic (exact) mass is 1060 g/mol. The Kier molecular flexibility index (Phi) is 11.0. The summed E-state index contributed by atoms with van der Waals surface area (Å²) in [6, 6.07) is 67.3. The molecule has 14 aromatic rings. The molecule has 0 aliphatic rings. The molecule has 4 heterocycles. The summed E-state index contributed by atoms with van der Waals surface area (Å²) in [5.74, 6) is 0. The summed E-state index contributed by atoms with van der Waals surface area (Å²) in [6.45, 7) is 27.1. The smallest absolute Gasteiger partial charge is 0.139 e. The van der Waals surface area contributed by atoms with Gasteiger partial charge in [-0.3, -0.25) is 0 Å². The lowest BCUT2D eigenvalue weighted by Crippen LogP contribution is -2.13. The maximum absolute atomic E-state index is 6.88. The minimum absolute atomic E-state index is 0.0251. The Morgan fingerprint density at radius 1 is 0.287 bits per heavy atom. The maximum Gasteiger partial charge on any atom is 0.139 e. The second-order valence-electron chi connectivity index (χ2n) is 26.3. The first kappa shape index (κ1) is 49.9. The molecule has 0 bridgehead atoms. The Morgan fingerprint density at radius 2 is 0.662 bits per heavy atom. The lowest BCUT2D eigenvalue weighted by molar-refractivity contribution is 0.572. The van der Waals surface area contributed by atoms with Crippen molar-refractivity contribution in [2.24, 2.45) is 0 Å². The summed E-state index contributed by atoms with van der Waals surface area (Å²) < 4.78 is 22.9. The highest BCUT2D eigenvalue weighted by molar-refractivity contribution is 7.26. The molecule has 0 saturated heterocycles. The first-order valence-electron chi connectivity index (χ1n) is 28.1. The zero-order chi connectivity index (χ0) is 55.4. The van der Waals surface area contributed by atoms with Crippen molar-refractivity contribution in [3.05, 3.63) is 204 Å². The van der Waals surface area contributed by atoms with Gasteiger partial charge >= 0.3 is 0 Å². The van der Waals surface area contributed by atoms with Gasteiger partial charge in [0.2, 0.25) is 0 Å². The van der Waals surface area contributed by atoms with Crippen LogP contribution in [0.15, 0.2) is 195 Å². The summed E-state index contributed by atoms with van der Waals surface area (Å²) in [4.78, 5) is 4.69. The minimum atomic E-state index is -0.0586. The average molecular weight is 1060 g/mol. The zero-order valence-electron chi connectivity index (χ0n) is 47.8. The summed E-state index contributed by atoms with van der Waals surface area (Å²) >= 11 is 1.84. The van der Waals surface area contributed by atoms with E-state index >= 15 is 0 Å². The third-order valence-corrected chi connectivity index (χ3v) is 17.7. The number of furan rings is 3. The number of hydrogen-bond acceptors (Lipinski definition) is 6. The van der Waals surface area contributed by atoms with E-state index in [4.69, 9.17) is 13.3 Å². The van der Waals surface area contributed by atoms with E-state index in [1.54, 1.807) is 0 Å². The summed E-state index contributed by atoms with van der Waals surface area (Å²) in [5, 5.41) is 11.6. The van der Waals surface area contributed by atoms with Gasteiger partial charge in [0.05, 0.1) is 0 Å². The van der Waals surface area contributed by atoms with Crippen LogP contribution in [0.3, 0.4) is 0 Å². The van der Waals surface area contributed by atoms with Crippen molar-refractivity contribution < 1.29 is 13.3 Å². The normalized spacial score (nSPS) is 13.0. The van der Waals surface area contributed by atoms with Crippen LogP contribution in [0.1, 0.15) is 105 Å². The van der Waals surface area contributed by atoms with Gasteiger partial charge in [-0.15, -0.1) is 11.3 Å². The van der Waals surface area contributed by atoms with E-state index in [1.165, 1.54) is 47.8 Å². The van der Waals surface area contributed by atoms with Gasteiger partial charge in [-0.2, -0.15) is 0 Å². The fourth-order valence-corrected chi connectivity index (χ4v) is 13.4. The molecule has 0 aliphatic heterocycles. The lowest BCUT2D eigenvalue weighted by Gasteiger charge is -2.27. The minimum Gasteiger partial charge on any atom is -0.456 e. The van der Waals surface area contributed by atoms with E-state index in [-0.39, 0.29) is 21.7 Å². The molecule has 0 amide bonds. The van der Waals surface area contributed by atoms with Gasteiger partial charge in [0.15, 0.2) is 0 Å². The second-order valence-corrected chi connectivity index (χ2v) is 27.4. The number of thiophene rings is 1.